The first-order valence-electron chi connectivity index (χ1n) is 13.5. The number of pyridine rings is 1. The molecule has 200 valence electrons. The lowest BCUT2D eigenvalue weighted by molar-refractivity contribution is 0.215. The van der Waals surface area contributed by atoms with E-state index in [0.717, 1.165) is 64.1 Å². The molecule has 0 bridgehead atoms. The maximum atomic E-state index is 11.2. The quantitative estimate of drug-likeness (QED) is 0.0999. The molecular formula is C32H31N7O. The maximum Gasteiger partial charge on any atom is 0.161 e. The maximum absolute atomic E-state index is 11.2. The molecule has 1 unspecified atom stereocenters. The molecule has 0 radical (unpaired) electrons. The van der Waals surface area contributed by atoms with Crippen molar-refractivity contribution in [3.63, 3.8) is 0 Å². The van der Waals surface area contributed by atoms with Crippen LogP contribution in [0.1, 0.15) is 64.8 Å². The van der Waals surface area contributed by atoms with Crippen molar-refractivity contribution >= 4 is 17.0 Å². The number of nitrogens with two attached hydrogens (primary N) is 1. The molecule has 0 fully saturated rings. The predicted molar refractivity (Wildman–Crippen MR) is 156 cm³/mol. The van der Waals surface area contributed by atoms with Gasteiger partial charge in [-0.25, -0.2) is 9.97 Å². The summed E-state index contributed by atoms with van der Waals surface area (Å²) >= 11 is 0. The van der Waals surface area contributed by atoms with E-state index in [1.165, 1.54) is 11.1 Å². The largest absolute Gasteiger partial charge is 0.382 e. The molecule has 2 heterocycles. The van der Waals surface area contributed by atoms with Crippen molar-refractivity contribution in [1.29, 1.82) is 5.53 Å². The number of hydrogen-bond donors (Lipinski definition) is 3. The summed E-state index contributed by atoms with van der Waals surface area (Å²) in [5.74, 6) is 1.21. The van der Waals surface area contributed by atoms with Gasteiger partial charge in [0.25, 0.3) is 0 Å². The summed E-state index contributed by atoms with van der Waals surface area (Å²) < 4.78 is 2.28. The molecule has 0 saturated carbocycles. The predicted octanol–water partition coefficient (Wildman–Crippen LogP) is 6.24. The third-order valence-electron chi connectivity index (χ3n) is 7.82. The first-order valence-corrected chi connectivity index (χ1v) is 13.5. The highest BCUT2D eigenvalue weighted by Crippen LogP contribution is 2.40. The van der Waals surface area contributed by atoms with Crippen LogP contribution in [-0.4, -0.2) is 25.5 Å². The molecule has 0 aliphatic heterocycles. The molecule has 8 nitrogen and oxygen atoms in total. The van der Waals surface area contributed by atoms with Gasteiger partial charge < -0.3 is 15.4 Å². The van der Waals surface area contributed by atoms with E-state index in [4.69, 9.17) is 21.2 Å². The van der Waals surface area contributed by atoms with Crippen LogP contribution in [0.25, 0.3) is 22.3 Å². The van der Waals surface area contributed by atoms with Gasteiger partial charge >= 0.3 is 0 Å². The van der Waals surface area contributed by atoms with E-state index in [9.17, 15) is 5.11 Å². The van der Waals surface area contributed by atoms with Crippen molar-refractivity contribution in [3.8, 4) is 11.1 Å². The molecule has 40 heavy (non-hydrogen) atoms. The summed E-state index contributed by atoms with van der Waals surface area (Å²) in [5.41, 5.74) is 22.6. The summed E-state index contributed by atoms with van der Waals surface area (Å²) in [5, 5.41) is 18.0. The van der Waals surface area contributed by atoms with Gasteiger partial charge in [0, 0.05) is 12.0 Å². The lowest BCUT2D eigenvalue weighted by Crippen LogP contribution is -2.14. The second kappa shape index (κ2) is 10.5. The average Bonchev–Trinajstić information content (AvgIpc) is 3.58. The first-order chi connectivity index (χ1) is 19.5. The standard InChI is InChI=1S/C32H31N7O/c1-3-28-36-29-19(2)17-26(30(40)20-9-5-4-6-10-20)35-32(29)39(28)27-16-14-22-18-21(13-15-24(22)27)23-11-7-8-12-25(23)31(33)37-38-34/h4-13,15,17-18,27,30,40H,3,14,16H2,1-2H3,(H3,33,34,37)/t27?,30-/m0/s1. The Hall–Kier alpha value is -4.69. The number of aliphatic hydroxyl groups is 1. The molecule has 0 amide bonds. The molecule has 1 aliphatic carbocycles. The minimum absolute atomic E-state index is 0.101. The van der Waals surface area contributed by atoms with Crippen molar-refractivity contribution in [2.45, 2.75) is 45.3 Å². The molecule has 3 aromatic carbocycles. The van der Waals surface area contributed by atoms with Crippen LogP contribution in [0.15, 0.2) is 89.2 Å². The zero-order valence-corrected chi connectivity index (χ0v) is 22.5. The van der Waals surface area contributed by atoms with Gasteiger partial charge in [0.05, 0.1) is 11.7 Å². The fourth-order valence-electron chi connectivity index (χ4n) is 5.91. The number of imidazole rings is 1. The molecule has 1 aliphatic rings. The van der Waals surface area contributed by atoms with Crippen LogP contribution >= 0.6 is 0 Å². The number of aliphatic hydroxyl groups excluding tert-OH is 1. The van der Waals surface area contributed by atoms with E-state index in [2.05, 4.69) is 40.0 Å². The van der Waals surface area contributed by atoms with Gasteiger partial charge in [0.2, 0.25) is 0 Å². The zero-order chi connectivity index (χ0) is 27.8. The molecular weight excluding hydrogens is 498 g/mol. The van der Waals surface area contributed by atoms with E-state index in [1.807, 2.05) is 67.6 Å². The van der Waals surface area contributed by atoms with E-state index >= 15 is 0 Å². The lowest BCUT2D eigenvalue weighted by Gasteiger charge is -2.19. The number of aromatic nitrogens is 3. The highest BCUT2D eigenvalue weighted by Gasteiger charge is 2.29. The summed E-state index contributed by atoms with van der Waals surface area (Å²) in [4.78, 5) is 10.0. The summed E-state index contributed by atoms with van der Waals surface area (Å²) in [6.45, 7) is 4.16. The normalized spacial score (nSPS) is 15.8. The molecule has 8 heteroatoms. The minimum atomic E-state index is -0.810. The van der Waals surface area contributed by atoms with Gasteiger partial charge in [-0.2, -0.15) is 5.53 Å². The number of benzene rings is 3. The van der Waals surface area contributed by atoms with Crippen LogP contribution in [0.4, 0.5) is 0 Å². The number of fused-ring (bicyclic) bond motifs is 2. The van der Waals surface area contributed by atoms with Gasteiger partial charge in [-0.3, -0.25) is 0 Å². The van der Waals surface area contributed by atoms with Crippen LogP contribution < -0.4 is 5.73 Å². The number of nitrogens with zero attached hydrogens (tertiary/aromatic N) is 5. The number of amidine groups is 1. The van der Waals surface area contributed by atoms with Crippen molar-refractivity contribution in [2.75, 3.05) is 0 Å². The Kier molecular flexibility index (Phi) is 6.69. The van der Waals surface area contributed by atoms with Crippen LogP contribution in [0.5, 0.6) is 0 Å². The summed E-state index contributed by atoms with van der Waals surface area (Å²) in [6.07, 6.45) is 1.83. The fourth-order valence-corrected chi connectivity index (χ4v) is 5.91. The van der Waals surface area contributed by atoms with Crippen molar-refractivity contribution in [3.05, 3.63) is 118 Å². The Morgan fingerprint density at radius 3 is 2.62 bits per heavy atom. The lowest BCUT2D eigenvalue weighted by atomic mass is 9.95. The van der Waals surface area contributed by atoms with Gasteiger partial charge in [0.1, 0.15) is 17.4 Å². The van der Waals surface area contributed by atoms with Crippen molar-refractivity contribution in [1.82, 2.24) is 14.5 Å². The molecule has 6 rings (SSSR count). The monoisotopic (exact) mass is 529 g/mol. The Bertz CT molecular complexity index is 1760. The summed E-state index contributed by atoms with van der Waals surface area (Å²) in [7, 11) is 0. The highest BCUT2D eigenvalue weighted by molar-refractivity contribution is 6.03. The van der Waals surface area contributed by atoms with E-state index in [1.54, 1.807) is 0 Å². The first kappa shape index (κ1) is 25.6. The number of aryl methyl sites for hydroxylation is 3. The molecule has 4 N–H and O–H groups in total. The molecule has 5 aromatic rings. The average molecular weight is 530 g/mol. The van der Waals surface area contributed by atoms with Crippen LogP contribution in [0.3, 0.4) is 0 Å². The van der Waals surface area contributed by atoms with Gasteiger partial charge in [-0.1, -0.05) is 84.9 Å². The third kappa shape index (κ3) is 4.36. The van der Waals surface area contributed by atoms with Gasteiger partial charge in [0.15, 0.2) is 11.5 Å². The Labute approximate surface area is 232 Å². The van der Waals surface area contributed by atoms with Gasteiger partial charge in [-0.15, -0.1) is 5.10 Å². The Morgan fingerprint density at radius 1 is 1.07 bits per heavy atom. The van der Waals surface area contributed by atoms with Crippen molar-refractivity contribution in [2.24, 2.45) is 16.1 Å². The van der Waals surface area contributed by atoms with Crippen LogP contribution in [0, 0.1) is 12.5 Å². The van der Waals surface area contributed by atoms with Crippen LogP contribution in [-0.2, 0) is 12.8 Å². The van der Waals surface area contributed by atoms with E-state index < -0.39 is 6.10 Å². The van der Waals surface area contributed by atoms with Crippen molar-refractivity contribution < 1.29 is 5.11 Å². The zero-order valence-electron chi connectivity index (χ0n) is 22.5. The number of nitrogens with one attached hydrogen (secondary N) is 1. The second-order valence-electron chi connectivity index (χ2n) is 10.2. The fraction of sp³-hybridized carbons (Fsp3) is 0.219. The molecule has 0 spiro atoms. The second-order valence-corrected chi connectivity index (χ2v) is 10.2. The number of hydrogen-bond acceptors (Lipinski definition) is 5. The highest BCUT2D eigenvalue weighted by atomic mass is 16.3. The summed E-state index contributed by atoms with van der Waals surface area (Å²) in [6, 6.07) is 26.0. The third-order valence-corrected chi connectivity index (χ3v) is 7.82. The minimum Gasteiger partial charge on any atom is -0.382 e. The van der Waals surface area contributed by atoms with Crippen LogP contribution in [0.2, 0.25) is 0 Å². The molecule has 0 saturated heterocycles. The molecule has 2 aromatic heterocycles. The topological polar surface area (TPSA) is 126 Å². The molecule has 2 atom stereocenters. The van der Waals surface area contributed by atoms with Gasteiger partial charge in [-0.05, 0) is 59.2 Å². The number of rotatable bonds is 7. The Morgan fingerprint density at radius 2 is 1.85 bits per heavy atom. The smallest absolute Gasteiger partial charge is 0.161 e. The Balaban J connectivity index is 1.44. The SMILES string of the molecule is CCc1nc2c(C)cc([C@@H](O)c3ccccc3)nc2n1C1CCc2cc(-c3ccccc3C(N)=NN=N)ccc21. The van der Waals surface area contributed by atoms with E-state index in [-0.39, 0.29) is 11.9 Å². The van der Waals surface area contributed by atoms with E-state index in [0.29, 0.717) is 5.69 Å².